The Bertz CT molecular complexity index is 418. The number of likely N-dealkylation sites (tertiary alicyclic amines) is 1. The van der Waals surface area contributed by atoms with E-state index < -0.39 is 0 Å². The third-order valence-corrected chi connectivity index (χ3v) is 4.02. The zero-order valence-electron chi connectivity index (χ0n) is 12.6. The fraction of sp³-hybridized carbons (Fsp3) is 0.588. The van der Waals surface area contributed by atoms with Crippen LogP contribution >= 0.6 is 0 Å². The summed E-state index contributed by atoms with van der Waals surface area (Å²) in [4.78, 5) is 14.4. The molecule has 0 aromatic heterocycles. The summed E-state index contributed by atoms with van der Waals surface area (Å²) in [6, 6.07) is 10.5. The maximum absolute atomic E-state index is 12.4. The van der Waals surface area contributed by atoms with Gasteiger partial charge in [-0.25, -0.2) is 4.79 Å². The summed E-state index contributed by atoms with van der Waals surface area (Å²) in [5.41, 5.74) is 1.20. The largest absolute Gasteiger partial charge is 0.331 e. The van der Waals surface area contributed by atoms with E-state index in [-0.39, 0.29) is 12.1 Å². The van der Waals surface area contributed by atoms with Crippen LogP contribution < -0.4 is 5.32 Å². The minimum absolute atomic E-state index is 0.0962. The molecule has 0 bridgehead atoms. The normalized spacial score (nSPS) is 20.5. The minimum atomic E-state index is 0.0962. The molecular weight excluding hydrogens is 248 g/mol. The van der Waals surface area contributed by atoms with Gasteiger partial charge in [-0.15, -0.1) is 0 Å². The van der Waals surface area contributed by atoms with Crippen molar-refractivity contribution in [3.63, 3.8) is 0 Å². The van der Waals surface area contributed by atoms with Crippen LogP contribution in [0.4, 0.5) is 4.79 Å². The molecule has 1 aromatic rings. The molecule has 1 N–H and O–H groups in total. The molecule has 1 aromatic carbocycles. The molecule has 1 aliphatic rings. The number of amides is 2. The maximum Gasteiger partial charge on any atom is 0.317 e. The van der Waals surface area contributed by atoms with Crippen molar-refractivity contribution in [1.29, 1.82) is 0 Å². The van der Waals surface area contributed by atoms with E-state index in [4.69, 9.17) is 0 Å². The van der Waals surface area contributed by atoms with Crippen LogP contribution in [-0.4, -0.2) is 24.0 Å². The molecule has 2 atom stereocenters. The lowest BCUT2D eigenvalue weighted by atomic mass is 10.0. The first-order valence-electron chi connectivity index (χ1n) is 7.81. The Hall–Kier alpha value is -1.51. The van der Waals surface area contributed by atoms with E-state index in [1.54, 1.807) is 0 Å². The average molecular weight is 274 g/mol. The highest BCUT2D eigenvalue weighted by molar-refractivity contribution is 5.74. The number of hydrogen-bond donors (Lipinski definition) is 1. The van der Waals surface area contributed by atoms with Gasteiger partial charge in [0.05, 0.1) is 6.04 Å². The van der Waals surface area contributed by atoms with E-state index in [1.807, 2.05) is 23.1 Å². The van der Waals surface area contributed by atoms with Gasteiger partial charge in [-0.3, -0.25) is 0 Å². The Morgan fingerprint density at radius 2 is 2.15 bits per heavy atom. The van der Waals surface area contributed by atoms with Gasteiger partial charge in [-0.05, 0) is 30.7 Å². The van der Waals surface area contributed by atoms with Crippen LogP contribution in [0.2, 0.25) is 0 Å². The standard InChI is InChI=1S/C17H26N2O/c1-3-8-16(15-10-5-4-6-11-15)18-17(20)19-12-7-9-14(2)13-19/h4-6,10-11,14,16H,3,7-9,12-13H2,1-2H3,(H,18,20). The zero-order valence-corrected chi connectivity index (χ0v) is 12.6. The number of nitrogens with one attached hydrogen (secondary N) is 1. The summed E-state index contributed by atoms with van der Waals surface area (Å²) in [6.45, 7) is 6.16. The van der Waals surface area contributed by atoms with Gasteiger partial charge in [0.25, 0.3) is 0 Å². The summed E-state index contributed by atoms with van der Waals surface area (Å²) in [5, 5.41) is 3.21. The predicted molar refractivity (Wildman–Crippen MR) is 82.6 cm³/mol. The van der Waals surface area contributed by atoms with Crippen LogP contribution in [-0.2, 0) is 0 Å². The highest BCUT2D eigenvalue weighted by Crippen LogP contribution is 2.20. The van der Waals surface area contributed by atoms with Crippen LogP contribution in [0.5, 0.6) is 0 Å². The second kappa shape index (κ2) is 7.32. The van der Waals surface area contributed by atoms with Crippen molar-refractivity contribution in [3.05, 3.63) is 35.9 Å². The number of rotatable bonds is 4. The number of piperidine rings is 1. The Balaban J connectivity index is 1.99. The third-order valence-electron chi connectivity index (χ3n) is 4.02. The first-order valence-corrected chi connectivity index (χ1v) is 7.81. The summed E-state index contributed by atoms with van der Waals surface area (Å²) in [6.07, 6.45) is 4.41. The van der Waals surface area contributed by atoms with Crippen molar-refractivity contribution < 1.29 is 4.79 Å². The third kappa shape index (κ3) is 3.99. The Morgan fingerprint density at radius 3 is 2.80 bits per heavy atom. The molecule has 0 aliphatic carbocycles. The summed E-state index contributed by atoms with van der Waals surface area (Å²) in [7, 11) is 0. The first kappa shape index (κ1) is 14.9. The second-order valence-electron chi connectivity index (χ2n) is 5.89. The van der Waals surface area contributed by atoms with Crippen LogP contribution in [0.25, 0.3) is 0 Å². The van der Waals surface area contributed by atoms with Gasteiger partial charge in [-0.1, -0.05) is 50.6 Å². The molecule has 1 aliphatic heterocycles. The molecule has 0 spiro atoms. The summed E-state index contributed by atoms with van der Waals surface area (Å²) < 4.78 is 0. The molecule has 2 amide bonds. The monoisotopic (exact) mass is 274 g/mol. The van der Waals surface area contributed by atoms with Gasteiger partial charge in [0.15, 0.2) is 0 Å². The molecule has 1 fully saturated rings. The number of hydrogen-bond acceptors (Lipinski definition) is 1. The maximum atomic E-state index is 12.4. The van der Waals surface area contributed by atoms with Crippen molar-refractivity contribution in [2.75, 3.05) is 13.1 Å². The van der Waals surface area contributed by atoms with Gasteiger partial charge in [0.1, 0.15) is 0 Å². The fourth-order valence-electron chi connectivity index (χ4n) is 2.91. The number of urea groups is 1. The minimum Gasteiger partial charge on any atom is -0.331 e. The molecule has 1 saturated heterocycles. The van der Waals surface area contributed by atoms with Gasteiger partial charge in [0, 0.05) is 13.1 Å². The van der Waals surface area contributed by atoms with E-state index in [9.17, 15) is 4.79 Å². The average Bonchev–Trinajstić information content (AvgIpc) is 2.47. The van der Waals surface area contributed by atoms with E-state index in [2.05, 4.69) is 31.3 Å². The number of nitrogens with zero attached hydrogens (tertiary/aromatic N) is 1. The van der Waals surface area contributed by atoms with Crippen molar-refractivity contribution in [3.8, 4) is 0 Å². The smallest absolute Gasteiger partial charge is 0.317 e. The van der Waals surface area contributed by atoms with Gasteiger partial charge < -0.3 is 10.2 Å². The quantitative estimate of drug-likeness (QED) is 0.885. The summed E-state index contributed by atoms with van der Waals surface area (Å²) >= 11 is 0. The lowest BCUT2D eigenvalue weighted by molar-refractivity contribution is 0.166. The molecule has 20 heavy (non-hydrogen) atoms. The molecule has 2 unspecified atom stereocenters. The van der Waals surface area contributed by atoms with E-state index in [0.717, 1.165) is 32.4 Å². The van der Waals surface area contributed by atoms with Crippen molar-refractivity contribution in [1.82, 2.24) is 10.2 Å². The highest BCUT2D eigenvalue weighted by atomic mass is 16.2. The lowest BCUT2D eigenvalue weighted by Crippen LogP contribution is -2.46. The van der Waals surface area contributed by atoms with Gasteiger partial charge in [-0.2, -0.15) is 0 Å². The van der Waals surface area contributed by atoms with Crippen LogP contribution in [0, 0.1) is 5.92 Å². The van der Waals surface area contributed by atoms with E-state index in [1.165, 1.54) is 12.0 Å². The number of carbonyl (C=O) groups excluding carboxylic acids is 1. The van der Waals surface area contributed by atoms with Crippen LogP contribution in [0.15, 0.2) is 30.3 Å². The Kier molecular flexibility index (Phi) is 5.45. The Labute approximate surface area is 122 Å². The predicted octanol–water partition coefficient (Wildman–Crippen LogP) is 3.97. The molecule has 0 saturated carbocycles. The van der Waals surface area contributed by atoms with E-state index >= 15 is 0 Å². The SMILES string of the molecule is CCCC(NC(=O)N1CCCC(C)C1)c1ccccc1. The van der Waals surface area contributed by atoms with Crippen molar-refractivity contribution in [2.24, 2.45) is 5.92 Å². The highest BCUT2D eigenvalue weighted by Gasteiger charge is 2.23. The zero-order chi connectivity index (χ0) is 14.4. The van der Waals surface area contributed by atoms with Gasteiger partial charge >= 0.3 is 6.03 Å². The molecule has 2 rings (SSSR count). The van der Waals surface area contributed by atoms with Crippen LogP contribution in [0.1, 0.15) is 51.1 Å². The molecule has 110 valence electrons. The van der Waals surface area contributed by atoms with Gasteiger partial charge in [0.2, 0.25) is 0 Å². The molecule has 3 heteroatoms. The number of benzene rings is 1. The van der Waals surface area contributed by atoms with Crippen LogP contribution in [0.3, 0.4) is 0 Å². The first-order chi connectivity index (χ1) is 9.70. The fourth-order valence-corrected chi connectivity index (χ4v) is 2.91. The Morgan fingerprint density at radius 1 is 1.40 bits per heavy atom. The number of carbonyl (C=O) groups is 1. The molecule has 0 radical (unpaired) electrons. The molecule has 3 nitrogen and oxygen atoms in total. The topological polar surface area (TPSA) is 32.3 Å². The lowest BCUT2D eigenvalue weighted by Gasteiger charge is -2.32. The molecule has 1 heterocycles. The molecular formula is C17H26N2O. The van der Waals surface area contributed by atoms with Crippen molar-refractivity contribution >= 4 is 6.03 Å². The van der Waals surface area contributed by atoms with Crippen molar-refractivity contribution in [2.45, 2.75) is 45.6 Å². The second-order valence-corrected chi connectivity index (χ2v) is 5.89. The van der Waals surface area contributed by atoms with E-state index in [0.29, 0.717) is 5.92 Å². The summed E-state index contributed by atoms with van der Waals surface area (Å²) in [5.74, 6) is 0.621.